The number of amides is 1. The Morgan fingerprint density at radius 1 is 1.07 bits per heavy atom. The van der Waals surface area contributed by atoms with Gasteiger partial charge in [0.15, 0.2) is 0 Å². The maximum atomic E-state index is 11.7. The smallest absolute Gasteiger partial charge is 0.237 e. The summed E-state index contributed by atoms with van der Waals surface area (Å²) in [4.78, 5) is 11.7. The fourth-order valence-corrected chi connectivity index (χ4v) is 2.43. The topological polar surface area (TPSA) is 53.2 Å². The quantitative estimate of drug-likeness (QED) is 0.598. The Kier molecular flexibility index (Phi) is 3.97. The van der Waals surface area contributed by atoms with E-state index in [-0.39, 0.29) is 11.8 Å². The zero-order valence-corrected chi connectivity index (χ0v) is 9.22. The van der Waals surface area contributed by atoms with Crippen molar-refractivity contribution in [3.63, 3.8) is 0 Å². The van der Waals surface area contributed by atoms with E-state index in [1.807, 2.05) is 0 Å². The summed E-state index contributed by atoms with van der Waals surface area (Å²) in [6.07, 6.45) is 6.77. The Morgan fingerprint density at radius 3 is 2.40 bits per heavy atom. The van der Waals surface area contributed by atoms with Gasteiger partial charge in [-0.1, -0.05) is 12.8 Å². The lowest BCUT2D eigenvalue weighted by molar-refractivity contribution is -0.126. The number of hydrogen-bond donors (Lipinski definition) is 3. The van der Waals surface area contributed by atoms with Crippen LogP contribution in [-0.4, -0.2) is 25.0 Å². The number of hydrazine groups is 1. The highest BCUT2D eigenvalue weighted by Gasteiger charge is 2.23. The molecule has 0 bridgehead atoms. The molecule has 2 fully saturated rings. The van der Waals surface area contributed by atoms with Gasteiger partial charge in [0.05, 0.1) is 0 Å². The first-order valence-electron chi connectivity index (χ1n) is 6.12. The largest absolute Gasteiger partial charge is 0.317 e. The lowest BCUT2D eigenvalue weighted by atomic mass is 10.1. The average molecular weight is 211 g/mol. The van der Waals surface area contributed by atoms with E-state index >= 15 is 0 Å². The lowest BCUT2D eigenvalue weighted by Crippen LogP contribution is -2.49. The van der Waals surface area contributed by atoms with Crippen LogP contribution in [0.4, 0.5) is 0 Å². The normalized spacial score (nSPS) is 24.3. The summed E-state index contributed by atoms with van der Waals surface area (Å²) in [5.74, 6) is 0.463. The van der Waals surface area contributed by atoms with Crippen LogP contribution in [0.25, 0.3) is 0 Å². The maximum absolute atomic E-state index is 11.7. The Balaban J connectivity index is 1.65. The van der Waals surface area contributed by atoms with Crippen LogP contribution in [-0.2, 0) is 4.79 Å². The third kappa shape index (κ3) is 3.18. The molecule has 15 heavy (non-hydrogen) atoms. The summed E-state index contributed by atoms with van der Waals surface area (Å²) < 4.78 is 0. The van der Waals surface area contributed by atoms with Crippen molar-refractivity contribution in [3.05, 3.63) is 0 Å². The van der Waals surface area contributed by atoms with Gasteiger partial charge >= 0.3 is 0 Å². The molecule has 3 N–H and O–H groups in total. The minimum atomic E-state index is 0.200. The zero-order chi connectivity index (χ0) is 10.5. The van der Waals surface area contributed by atoms with Gasteiger partial charge in [-0.05, 0) is 38.8 Å². The third-order valence-corrected chi connectivity index (χ3v) is 3.46. The van der Waals surface area contributed by atoms with Crippen LogP contribution in [0.15, 0.2) is 0 Å². The molecule has 0 radical (unpaired) electrons. The Bertz CT molecular complexity index is 208. The molecule has 0 atom stereocenters. The predicted molar refractivity (Wildman–Crippen MR) is 59.1 cm³/mol. The summed E-state index contributed by atoms with van der Waals surface area (Å²) >= 11 is 0. The van der Waals surface area contributed by atoms with E-state index in [0.29, 0.717) is 6.04 Å². The second-order valence-corrected chi connectivity index (χ2v) is 4.64. The van der Waals surface area contributed by atoms with Crippen molar-refractivity contribution >= 4 is 5.91 Å². The van der Waals surface area contributed by atoms with Crippen molar-refractivity contribution in [2.24, 2.45) is 5.92 Å². The molecule has 0 aromatic rings. The van der Waals surface area contributed by atoms with Gasteiger partial charge in [-0.2, -0.15) is 0 Å². The van der Waals surface area contributed by atoms with E-state index < -0.39 is 0 Å². The molecule has 4 nitrogen and oxygen atoms in total. The standard InChI is InChI=1S/C11H21N3O/c15-11(9-3-1-2-4-9)14-13-10-5-7-12-8-6-10/h9-10,12-13H,1-8H2,(H,14,15). The molecule has 0 unspecified atom stereocenters. The fraction of sp³-hybridized carbons (Fsp3) is 0.909. The number of hydrogen-bond acceptors (Lipinski definition) is 3. The predicted octanol–water partition coefficient (Wildman–Crippen LogP) is 0.549. The van der Waals surface area contributed by atoms with Gasteiger partial charge in [-0.25, -0.2) is 5.43 Å². The van der Waals surface area contributed by atoms with Gasteiger partial charge < -0.3 is 5.32 Å². The monoisotopic (exact) mass is 211 g/mol. The summed E-state index contributed by atoms with van der Waals surface area (Å²) in [7, 11) is 0. The molecule has 1 amide bonds. The molecule has 1 aliphatic heterocycles. The lowest BCUT2D eigenvalue weighted by Gasteiger charge is -2.24. The highest BCUT2D eigenvalue weighted by molar-refractivity contribution is 5.78. The summed E-state index contributed by atoms with van der Waals surface area (Å²) in [6.45, 7) is 2.11. The van der Waals surface area contributed by atoms with Gasteiger partial charge in [0.25, 0.3) is 0 Å². The van der Waals surface area contributed by atoms with Crippen LogP contribution in [0.1, 0.15) is 38.5 Å². The molecule has 1 heterocycles. The van der Waals surface area contributed by atoms with Crippen molar-refractivity contribution in [1.29, 1.82) is 0 Å². The van der Waals surface area contributed by atoms with Crippen molar-refractivity contribution in [3.8, 4) is 0 Å². The second-order valence-electron chi connectivity index (χ2n) is 4.64. The maximum Gasteiger partial charge on any atom is 0.237 e. The molecule has 1 saturated heterocycles. The second kappa shape index (κ2) is 5.47. The first kappa shape index (κ1) is 10.9. The van der Waals surface area contributed by atoms with E-state index in [9.17, 15) is 4.79 Å². The third-order valence-electron chi connectivity index (χ3n) is 3.46. The van der Waals surface area contributed by atoms with E-state index in [2.05, 4.69) is 16.2 Å². The minimum Gasteiger partial charge on any atom is -0.317 e. The highest BCUT2D eigenvalue weighted by atomic mass is 16.2. The number of carbonyl (C=O) groups excluding carboxylic acids is 1. The van der Waals surface area contributed by atoms with Crippen molar-refractivity contribution < 1.29 is 4.79 Å². The molecular formula is C11H21N3O. The van der Waals surface area contributed by atoms with Gasteiger partial charge in [-0.15, -0.1) is 0 Å². The Hall–Kier alpha value is -0.610. The first-order chi connectivity index (χ1) is 7.36. The molecule has 1 aliphatic carbocycles. The molecule has 0 spiro atoms. The van der Waals surface area contributed by atoms with Gasteiger partial charge in [0, 0.05) is 12.0 Å². The summed E-state index contributed by atoms with van der Waals surface area (Å²) in [6, 6.07) is 0.455. The highest BCUT2D eigenvalue weighted by Crippen LogP contribution is 2.24. The Morgan fingerprint density at radius 2 is 1.73 bits per heavy atom. The van der Waals surface area contributed by atoms with Crippen LogP contribution < -0.4 is 16.2 Å². The van der Waals surface area contributed by atoms with Crippen LogP contribution >= 0.6 is 0 Å². The van der Waals surface area contributed by atoms with E-state index in [4.69, 9.17) is 0 Å². The minimum absolute atomic E-state index is 0.200. The summed E-state index contributed by atoms with van der Waals surface area (Å²) in [5, 5.41) is 3.30. The molecule has 1 saturated carbocycles. The molecular weight excluding hydrogens is 190 g/mol. The van der Waals surface area contributed by atoms with Crippen LogP contribution in [0, 0.1) is 5.92 Å². The van der Waals surface area contributed by atoms with Crippen molar-refractivity contribution in [2.75, 3.05) is 13.1 Å². The zero-order valence-electron chi connectivity index (χ0n) is 9.22. The van der Waals surface area contributed by atoms with Crippen molar-refractivity contribution in [1.82, 2.24) is 16.2 Å². The molecule has 4 heteroatoms. The molecule has 86 valence electrons. The van der Waals surface area contributed by atoms with Crippen LogP contribution in [0.2, 0.25) is 0 Å². The van der Waals surface area contributed by atoms with Gasteiger partial charge in [-0.3, -0.25) is 10.2 Å². The average Bonchev–Trinajstić information content (AvgIpc) is 2.81. The Labute approximate surface area is 91.2 Å². The number of rotatable bonds is 3. The first-order valence-corrected chi connectivity index (χ1v) is 6.12. The SMILES string of the molecule is O=C(NNC1CCNCC1)C1CCCC1. The summed E-state index contributed by atoms with van der Waals surface area (Å²) in [5.41, 5.74) is 6.04. The number of carbonyl (C=O) groups is 1. The van der Waals surface area contributed by atoms with Gasteiger partial charge in [0.1, 0.15) is 0 Å². The fourth-order valence-electron chi connectivity index (χ4n) is 2.43. The van der Waals surface area contributed by atoms with Crippen LogP contribution in [0.5, 0.6) is 0 Å². The van der Waals surface area contributed by atoms with E-state index in [1.165, 1.54) is 12.8 Å². The molecule has 2 aliphatic rings. The molecule has 0 aromatic carbocycles. The van der Waals surface area contributed by atoms with Crippen molar-refractivity contribution in [2.45, 2.75) is 44.6 Å². The van der Waals surface area contributed by atoms with Gasteiger partial charge in [0.2, 0.25) is 5.91 Å². The van der Waals surface area contributed by atoms with E-state index in [0.717, 1.165) is 38.8 Å². The molecule has 0 aromatic heterocycles. The number of nitrogens with one attached hydrogen (secondary N) is 3. The molecule has 2 rings (SSSR count). The van der Waals surface area contributed by atoms with Crippen LogP contribution in [0.3, 0.4) is 0 Å². The number of piperidine rings is 1. The van der Waals surface area contributed by atoms with E-state index in [1.54, 1.807) is 0 Å².